The van der Waals surface area contributed by atoms with Gasteiger partial charge in [0.05, 0.1) is 55.2 Å². The predicted octanol–water partition coefficient (Wildman–Crippen LogP) is 28.6. The molecular weight excluding hydrogens is 1660 g/mol. The molecule has 13 heteroatoms. The lowest BCUT2D eigenvalue weighted by molar-refractivity contribution is 0.938. The number of hydrogen-bond donors (Lipinski definition) is 0. The molecule has 652 valence electrons. The van der Waals surface area contributed by atoms with Gasteiger partial charge in [-0.2, -0.15) is 0 Å². The van der Waals surface area contributed by atoms with Gasteiger partial charge in [0.25, 0.3) is 0 Å². The number of rotatable bonds is 12. The third kappa shape index (κ3) is 15.7. The van der Waals surface area contributed by atoms with E-state index in [9.17, 15) is 19.2 Å². The van der Waals surface area contributed by atoms with E-state index in [1.165, 1.54) is 65.6 Å². The number of fused-ring (bicyclic) bond motifs is 13. The van der Waals surface area contributed by atoms with E-state index in [1.807, 2.05) is 196 Å². The van der Waals surface area contributed by atoms with Crippen molar-refractivity contribution in [3.05, 3.63) is 494 Å². The molecule has 7 aromatic heterocycles. The average molecular weight is 1750 g/mol. The van der Waals surface area contributed by atoms with E-state index < -0.39 is 0 Å². The average Bonchev–Trinajstić information content (AvgIpc) is 1.58. The number of hydrogen-bond acceptors (Lipinski definition) is 6. The molecule has 24 rings (SSSR count). The Morgan fingerprint density at radius 2 is 0.385 bits per heavy atom. The molecule has 0 aliphatic heterocycles. The maximum atomic E-state index is 13.1. The third-order valence-electron chi connectivity index (χ3n) is 26.2. The first kappa shape index (κ1) is 84.4. The van der Waals surface area contributed by atoms with E-state index >= 15 is 0 Å². The number of aryl methyl sites for hydroxylation is 8. The molecule has 0 N–H and O–H groups in total. The highest BCUT2D eigenvalue weighted by atomic mass is 16.1. The molecule has 0 saturated heterocycles. The molecule has 0 spiro atoms. The van der Waals surface area contributed by atoms with Gasteiger partial charge in [0.2, 0.25) is 0 Å². The summed E-state index contributed by atoms with van der Waals surface area (Å²) in [5, 5.41) is 10.2. The van der Waals surface area contributed by atoms with Crippen molar-refractivity contribution < 1.29 is 0 Å². The van der Waals surface area contributed by atoms with Gasteiger partial charge in [-0.3, -0.25) is 19.2 Å². The van der Waals surface area contributed by atoms with Crippen molar-refractivity contribution in [1.82, 2.24) is 32.0 Å². The van der Waals surface area contributed by atoms with Gasteiger partial charge in [-0.15, -0.1) is 0 Å². The van der Waals surface area contributed by atoms with Crippen molar-refractivity contribution >= 4 is 143 Å². The summed E-state index contributed by atoms with van der Waals surface area (Å²) in [6.07, 6.45) is 7.58. The highest BCUT2D eigenvalue weighted by molar-refractivity contribution is 6.14. The molecule has 17 aromatic carbocycles. The fourth-order valence-electron chi connectivity index (χ4n) is 19.7. The molecule has 0 unspecified atom stereocenters. The maximum absolute atomic E-state index is 13.1. The molecule has 135 heavy (non-hydrogen) atoms. The van der Waals surface area contributed by atoms with Crippen LogP contribution in [0.2, 0.25) is 0 Å². The van der Waals surface area contributed by atoms with Crippen LogP contribution >= 0.6 is 0 Å². The van der Waals surface area contributed by atoms with Crippen LogP contribution in [-0.4, -0.2) is 32.0 Å². The van der Waals surface area contributed by atoms with E-state index in [-0.39, 0.29) is 21.7 Å². The molecule has 0 saturated carbocycles. The summed E-state index contributed by atoms with van der Waals surface area (Å²) in [6.45, 7) is 7.49. The van der Waals surface area contributed by atoms with Crippen LogP contribution in [-0.2, 0) is 28.2 Å². The van der Waals surface area contributed by atoms with Crippen LogP contribution in [0, 0.1) is 27.7 Å². The normalized spacial score (nSPS) is 11.4. The van der Waals surface area contributed by atoms with Crippen molar-refractivity contribution in [2.75, 3.05) is 9.80 Å². The second-order valence-corrected chi connectivity index (χ2v) is 34.9. The SMILES string of the molecule is Cc1cn(C)c2ccc(-c3ccc(N(c4ccccc4)c4ccccc4)cc3)cc2c1=O.Cc1cn(C)c2ccc(-n3c4ccc(-c5ccccc5)cc4c4cc(-c5ccccc5)ccc43)cc2c1=O.Cc1cn(C)c2ccc(-n3c4ccccc4c4cc(-n5c6ccccc6c6ccccc65)ccc43)cc2c1=O.Cc1cn(C)c2ccc(N(c3ccccc3)c3ccccc3)cc2c1=O. The summed E-state index contributed by atoms with van der Waals surface area (Å²) in [5.74, 6) is 0. The molecule has 0 atom stereocenters. The van der Waals surface area contributed by atoms with Gasteiger partial charge in [-0.25, -0.2) is 0 Å². The smallest absolute Gasteiger partial charge is 0.192 e. The van der Waals surface area contributed by atoms with E-state index in [0.717, 1.165) is 150 Å². The lowest BCUT2D eigenvalue weighted by Gasteiger charge is -2.25. The van der Waals surface area contributed by atoms with E-state index in [4.69, 9.17) is 0 Å². The first-order valence-corrected chi connectivity index (χ1v) is 45.5. The molecular formula is C122H95N9O4. The van der Waals surface area contributed by atoms with Gasteiger partial charge in [-0.1, -0.05) is 218 Å². The quantitative estimate of drug-likeness (QED) is 0.121. The highest BCUT2D eigenvalue weighted by Crippen LogP contribution is 2.43. The zero-order valence-corrected chi connectivity index (χ0v) is 76.1. The highest BCUT2D eigenvalue weighted by Gasteiger charge is 2.23. The number of aromatic nitrogens is 7. The first-order chi connectivity index (χ1) is 65.9. The van der Waals surface area contributed by atoms with Gasteiger partial charge in [0.1, 0.15) is 0 Å². The molecule has 13 nitrogen and oxygen atoms in total. The molecule has 0 aliphatic carbocycles. The number of para-hydroxylation sites is 7. The summed E-state index contributed by atoms with van der Waals surface area (Å²) >= 11 is 0. The fraction of sp³-hybridized carbons (Fsp3) is 0.0656. The van der Waals surface area contributed by atoms with Crippen molar-refractivity contribution in [1.29, 1.82) is 0 Å². The van der Waals surface area contributed by atoms with Crippen LogP contribution in [0.3, 0.4) is 0 Å². The second-order valence-electron chi connectivity index (χ2n) is 34.9. The summed E-state index contributed by atoms with van der Waals surface area (Å²) in [7, 11) is 7.93. The van der Waals surface area contributed by atoms with Crippen LogP contribution in [0.4, 0.5) is 34.1 Å². The Bertz CT molecular complexity index is 8760. The third-order valence-corrected chi connectivity index (χ3v) is 26.2. The van der Waals surface area contributed by atoms with Gasteiger partial charge in [-0.05, 0) is 249 Å². The Balaban J connectivity index is 0.000000109. The molecule has 0 fully saturated rings. The van der Waals surface area contributed by atoms with Crippen LogP contribution in [0.25, 0.3) is 159 Å². The number of pyridine rings is 4. The molecule has 0 radical (unpaired) electrons. The van der Waals surface area contributed by atoms with Gasteiger partial charge < -0.3 is 41.8 Å². The maximum Gasteiger partial charge on any atom is 0.192 e. The van der Waals surface area contributed by atoms with Gasteiger partial charge >= 0.3 is 0 Å². The Labute approximate surface area is 780 Å². The summed E-state index contributed by atoms with van der Waals surface area (Å²) in [4.78, 5) is 56.0. The molecule has 7 heterocycles. The minimum Gasteiger partial charge on any atom is -0.350 e. The van der Waals surface area contributed by atoms with Gasteiger partial charge in [0, 0.05) is 180 Å². The van der Waals surface area contributed by atoms with E-state index in [1.54, 1.807) is 0 Å². The zero-order chi connectivity index (χ0) is 92.2. The van der Waals surface area contributed by atoms with Crippen molar-refractivity contribution in [2.24, 2.45) is 28.2 Å². The van der Waals surface area contributed by atoms with Crippen LogP contribution in [0.1, 0.15) is 22.3 Å². The van der Waals surface area contributed by atoms with Crippen molar-refractivity contribution in [2.45, 2.75) is 27.7 Å². The molecule has 24 aromatic rings. The first-order valence-electron chi connectivity index (χ1n) is 45.5. The fourth-order valence-corrected chi connectivity index (χ4v) is 19.7. The topological polar surface area (TPSA) is 109 Å². The van der Waals surface area contributed by atoms with Crippen molar-refractivity contribution in [3.63, 3.8) is 0 Å². The van der Waals surface area contributed by atoms with Crippen LogP contribution < -0.4 is 31.5 Å². The molecule has 0 aliphatic rings. The summed E-state index contributed by atoms with van der Waals surface area (Å²) in [5.41, 5.74) is 30.3. The monoisotopic (exact) mass is 1750 g/mol. The second kappa shape index (κ2) is 35.5. The largest absolute Gasteiger partial charge is 0.350 e. The minimum absolute atomic E-state index is 0.0819. The Morgan fingerprint density at radius 1 is 0.170 bits per heavy atom. The number of benzene rings is 17. The lowest BCUT2D eigenvalue weighted by Crippen LogP contribution is -2.13. The zero-order valence-electron chi connectivity index (χ0n) is 76.1. The standard InChI is InChI=1S/C35H25N3O.C35H26N2O.C29H24N2O.C23H20N2O/c1-22-21-36(2)30-17-15-24(20-29(30)35(22)39)38-33-14-8-5-11-27(33)28-19-23(16-18-34(28)38)37-31-12-6-3-9-25(31)26-10-4-7-13-32(26)37;1-23-22-36(2)32-18-15-28(21-31(32)35(23)38)37-33-16-13-26(24-9-5-3-6-10-24)19-29(33)30-20-27(14-17-34(30)37)25-11-7-4-8-12-25;1-21-20-30(2)28-18-15-23(19-27(28)29(21)32)22-13-16-26(17-14-22)31(24-9-5-3-6-10-24)25-11-7-4-8-12-25;1-17-16-24(2)22-14-13-20(15-21(22)23(17)26)25(18-9-5-3-6-10-18)19-11-7-4-8-12-19/h3-21H,1-2H3;3-22H,1-2H3;3-20H,1-2H3;3-16H,1-2H3. The molecule has 0 bridgehead atoms. The lowest BCUT2D eigenvalue weighted by atomic mass is 10.0. The van der Waals surface area contributed by atoms with E-state index in [2.05, 4.69) is 333 Å². The Hall–Kier alpha value is -17.4. The molecule has 0 amide bonds. The Kier molecular flexibility index (Phi) is 22.2. The summed E-state index contributed by atoms with van der Waals surface area (Å²) in [6, 6.07) is 141. The summed E-state index contributed by atoms with van der Waals surface area (Å²) < 4.78 is 15.0. The predicted molar refractivity (Wildman–Crippen MR) is 564 cm³/mol. The van der Waals surface area contributed by atoms with E-state index in [0.29, 0.717) is 0 Å². The number of nitrogens with zero attached hydrogens (tertiary/aromatic N) is 9. The van der Waals surface area contributed by atoms with Crippen LogP contribution in [0.5, 0.6) is 0 Å². The number of anilines is 6. The van der Waals surface area contributed by atoms with Crippen LogP contribution in [0.15, 0.2) is 450 Å². The Morgan fingerprint density at radius 3 is 0.741 bits per heavy atom. The minimum atomic E-state index is 0.0819. The van der Waals surface area contributed by atoms with Gasteiger partial charge in [0.15, 0.2) is 21.7 Å². The van der Waals surface area contributed by atoms with Crippen molar-refractivity contribution in [3.8, 4) is 50.4 Å².